The molecule has 2 aromatic rings. The van der Waals surface area contributed by atoms with Crippen LogP contribution in [0.3, 0.4) is 0 Å². The number of likely N-dealkylation sites (tertiary alicyclic amines) is 1. The number of aromatic nitrogens is 3. The van der Waals surface area contributed by atoms with Crippen LogP contribution in [0, 0.1) is 6.92 Å². The minimum atomic E-state index is 0.0925. The molecule has 25 heavy (non-hydrogen) atoms. The summed E-state index contributed by atoms with van der Waals surface area (Å²) in [6.07, 6.45) is 7.08. The van der Waals surface area contributed by atoms with Crippen LogP contribution in [0.25, 0.3) is 0 Å². The van der Waals surface area contributed by atoms with Crippen LogP contribution in [0.1, 0.15) is 30.3 Å². The molecule has 0 spiro atoms. The molecule has 0 saturated carbocycles. The van der Waals surface area contributed by atoms with Crippen LogP contribution in [0.5, 0.6) is 11.6 Å². The maximum atomic E-state index is 12.0. The van der Waals surface area contributed by atoms with Crippen LogP contribution in [0.15, 0.2) is 30.7 Å². The molecule has 2 aromatic heterocycles. The minimum absolute atomic E-state index is 0.0925. The van der Waals surface area contributed by atoms with Gasteiger partial charge < -0.3 is 9.64 Å². The van der Waals surface area contributed by atoms with E-state index < -0.39 is 0 Å². The second-order valence-electron chi connectivity index (χ2n) is 6.39. The molecule has 1 atom stereocenters. The molecule has 1 aliphatic heterocycles. The van der Waals surface area contributed by atoms with E-state index in [0.717, 1.165) is 30.8 Å². The third kappa shape index (κ3) is 4.11. The van der Waals surface area contributed by atoms with Crippen molar-refractivity contribution in [1.29, 1.82) is 0 Å². The van der Waals surface area contributed by atoms with E-state index >= 15 is 0 Å². The van der Waals surface area contributed by atoms with Gasteiger partial charge in [-0.2, -0.15) is 0 Å². The van der Waals surface area contributed by atoms with Gasteiger partial charge in [-0.1, -0.05) is 0 Å². The van der Waals surface area contributed by atoms with Crippen molar-refractivity contribution in [3.63, 3.8) is 0 Å². The van der Waals surface area contributed by atoms with Gasteiger partial charge in [-0.15, -0.1) is 0 Å². The Hall–Kier alpha value is -2.54. The molecule has 0 aliphatic carbocycles. The lowest BCUT2D eigenvalue weighted by Gasteiger charge is -2.24. The minimum Gasteiger partial charge on any atom is -0.436 e. The SMILES string of the molecule is Cc1ncccc1Oc1cncc(C2CCCN2CC(=O)N(C)C)n1. The lowest BCUT2D eigenvalue weighted by Crippen LogP contribution is -2.36. The predicted octanol–water partition coefficient (Wildman–Crippen LogP) is 2.20. The highest BCUT2D eigenvalue weighted by Crippen LogP contribution is 2.31. The number of hydrogen-bond donors (Lipinski definition) is 0. The molecule has 7 nitrogen and oxygen atoms in total. The van der Waals surface area contributed by atoms with E-state index in [9.17, 15) is 4.79 Å². The largest absolute Gasteiger partial charge is 0.436 e. The summed E-state index contributed by atoms with van der Waals surface area (Å²) in [5.41, 5.74) is 1.64. The number of nitrogens with zero attached hydrogens (tertiary/aromatic N) is 5. The first-order valence-electron chi connectivity index (χ1n) is 8.40. The Bertz CT molecular complexity index is 750. The summed E-state index contributed by atoms with van der Waals surface area (Å²) in [6, 6.07) is 3.77. The Morgan fingerprint density at radius 3 is 3.00 bits per heavy atom. The molecule has 7 heteroatoms. The van der Waals surface area contributed by atoms with Gasteiger partial charge in [-0.3, -0.25) is 19.7 Å². The van der Waals surface area contributed by atoms with Crippen LogP contribution < -0.4 is 4.74 Å². The van der Waals surface area contributed by atoms with Gasteiger partial charge >= 0.3 is 0 Å². The summed E-state index contributed by atoms with van der Waals surface area (Å²) in [4.78, 5) is 28.9. The molecule has 1 aliphatic rings. The van der Waals surface area contributed by atoms with Crippen molar-refractivity contribution in [3.8, 4) is 11.6 Å². The number of rotatable bonds is 5. The van der Waals surface area contributed by atoms with Crippen LogP contribution in [0.2, 0.25) is 0 Å². The molecule has 0 N–H and O–H groups in total. The van der Waals surface area contributed by atoms with E-state index in [1.54, 1.807) is 37.6 Å². The summed E-state index contributed by atoms with van der Waals surface area (Å²) in [6.45, 7) is 3.17. The predicted molar refractivity (Wildman–Crippen MR) is 93.3 cm³/mol. The summed E-state index contributed by atoms with van der Waals surface area (Å²) < 4.78 is 5.83. The molecule has 1 unspecified atom stereocenters. The van der Waals surface area contributed by atoms with Crippen molar-refractivity contribution < 1.29 is 9.53 Å². The number of ether oxygens (including phenoxy) is 1. The number of likely N-dealkylation sites (N-methyl/N-ethyl adjacent to an activating group) is 1. The van der Waals surface area contributed by atoms with Gasteiger partial charge in [0.05, 0.1) is 36.4 Å². The van der Waals surface area contributed by atoms with Crippen LogP contribution >= 0.6 is 0 Å². The topological polar surface area (TPSA) is 71.5 Å². The summed E-state index contributed by atoms with van der Waals surface area (Å²) in [5, 5.41) is 0. The zero-order valence-electron chi connectivity index (χ0n) is 14.8. The number of amides is 1. The van der Waals surface area contributed by atoms with E-state index in [1.165, 1.54) is 0 Å². The summed E-state index contributed by atoms with van der Waals surface area (Å²) in [5.74, 6) is 1.21. The average Bonchev–Trinajstić information content (AvgIpc) is 3.05. The lowest BCUT2D eigenvalue weighted by atomic mass is 10.1. The van der Waals surface area contributed by atoms with E-state index in [-0.39, 0.29) is 11.9 Å². The zero-order chi connectivity index (χ0) is 17.8. The molecule has 3 rings (SSSR count). The summed E-state index contributed by atoms with van der Waals surface area (Å²) in [7, 11) is 3.55. The highest BCUT2D eigenvalue weighted by atomic mass is 16.5. The van der Waals surface area contributed by atoms with Crippen LogP contribution in [-0.2, 0) is 4.79 Å². The molecule has 1 amide bonds. The molecule has 3 heterocycles. The van der Waals surface area contributed by atoms with Gasteiger partial charge in [-0.25, -0.2) is 4.98 Å². The smallest absolute Gasteiger partial charge is 0.238 e. The molecule has 0 radical (unpaired) electrons. The fourth-order valence-electron chi connectivity index (χ4n) is 2.93. The second kappa shape index (κ2) is 7.57. The number of aryl methyl sites for hydroxylation is 1. The van der Waals surface area contributed by atoms with E-state index in [4.69, 9.17) is 4.74 Å². The van der Waals surface area contributed by atoms with Gasteiger partial charge in [0.15, 0.2) is 5.75 Å². The van der Waals surface area contributed by atoms with Crippen molar-refractivity contribution in [2.45, 2.75) is 25.8 Å². The van der Waals surface area contributed by atoms with Gasteiger partial charge in [0.1, 0.15) is 0 Å². The molecular weight excluding hydrogens is 318 g/mol. The molecule has 132 valence electrons. The molecule has 0 bridgehead atoms. The van der Waals surface area contributed by atoms with Crippen molar-refractivity contribution in [1.82, 2.24) is 24.8 Å². The van der Waals surface area contributed by atoms with Crippen molar-refractivity contribution >= 4 is 5.91 Å². The maximum absolute atomic E-state index is 12.0. The van der Waals surface area contributed by atoms with E-state index in [1.807, 2.05) is 19.1 Å². The van der Waals surface area contributed by atoms with Gasteiger partial charge in [-0.05, 0) is 38.4 Å². The maximum Gasteiger partial charge on any atom is 0.238 e. The molecule has 0 aromatic carbocycles. The monoisotopic (exact) mass is 341 g/mol. The Morgan fingerprint density at radius 2 is 2.24 bits per heavy atom. The van der Waals surface area contributed by atoms with Gasteiger partial charge in [0, 0.05) is 20.3 Å². The Labute approximate surface area is 147 Å². The Morgan fingerprint density at radius 1 is 1.40 bits per heavy atom. The third-order valence-electron chi connectivity index (χ3n) is 4.35. The van der Waals surface area contributed by atoms with E-state index in [0.29, 0.717) is 18.2 Å². The van der Waals surface area contributed by atoms with Crippen LogP contribution in [0.4, 0.5) is 0 Å². The van der Waals surface area contributed by atoms with Gasteiger partial charge in [0.25, 0.3) is 0 Å². The summed E-state index contributed by atoms with van der Waals surface area (Å²) >= 11 is 0. The third-order valence-corrected chi connectivity index (χ3v) is 4.35. The second-order valence-corrected chi connectivity index (χ2v) is 6.39. The van der Waals surface area contributed by atoms with Gasteiger partial charge in [0.2, 0.25) is 11.8 Å². The Balaban J connectivity index is 1.76. The highest BCUT2D eigenvalue weighted by Gasteiger charge is 2.29. The van der Waals surface area contributed by atoms with Crippen molar-refractivity contribution in [3.05, 3.63) is 42.1 Å². The standard InChI is InChI=1S/C18H23N5O2/c1-13-16(7-4-8-20-13)25-17-11-19-10-14(21-17)15-6-5-9-23(15)12-18(24)22(2)3/h4,7-8,10-11,15H,5-6,9,12H2,1-3H3. The fourth-order valence-corrected chi connectivity index (χ4v) is 2.93. The average molecular weight is 341 g/mol. The first-order chi connectivity index (χ1) is 12.0. The fraction of sp³-hybridized carbons (Fsp3) is 0.444. The number of carbonyl (C=O) groups excluding carboxylic acids is 1. The van der Waals surface area contributed by atoms with Crippen LogP contribution in [-0.4, -0.2) is 57.8 Å². The number of pyridine rings is 1. The number of carbonyl (C=O) groups is 1. The van der Waals surface area contributed by atoms with Crippen molar-refractivity contribution in [2.75, 3.05) is 27.2 Å². The zero-order valence-corrected chi connectivity index (χ0v) is 14.8. The quantitative estimate of drug-likeness (QED) is 0.830. The number of hydrogen-bond acceptors (Lipinski definition) is 6. The first-order valence-corrected chi connectivity index (χ1v) is 8.40. The molecular formula is C18H23N5O2. The molecule has 1 saturated heterocycles. The highest BCUT2D eigenvalue weighted by molar-refractivity contribution is 5.77. The first kappa shape index (κ1) is 17.3. The normalized spacial score (nSPS) is 17.5. The Kier molecular flexibility index (Phi) is 5.23. The molecule has 1 fully saturated rings. The van der Waals surface area contributed by atoms with E-state index in [2.05, 4.69) is 19.9 Å². The lowest BCUT2D eigenvalue weighted by molar-refractivity contribution is -0.130. The van der Waals surface area contributed by atoms with Crippen molar-refractivity contribution in [2.24, 2.45) is 0 Å².